The fraction of sp³-hybridized carbons (Fsp3) is 0.500. The van der Waals surface area contributed by atoms with Crippen molar-refractivity contribution in [3.63, 3.8) is 0 Å². The van der Waals surface area contributed by atoms with Gasteiger partial charge in [-0.1, -0.05) is 6.07 Å². The van der Waals surface area contributed by atoms with Crippen molar-refractivity contribution in [1.29, 1.82) is 0 Å². The summed E-state index contributed by atoms with van der Waals surface area (Å²) in [5, 5.41) is 22.4. The molecule has 0 amide bonds. The lowest BCUT2D eigenvalue weighted by atomic mass is 9.87. The van der Waals surface area contributed by atoms with Crippen LogP contribution in [0.4, 0.5) is 4.39 Å². The molecule has 3 nitrogen and oxygen atoms in total. The van der Waals surface area contributed by atoms with Crippen LogP contribution in [-0.2, 0) is 6.42 Å². The van der Waals surface area contributed by atoms with Gasteiger partial charge in [0.25, 0.3) is 0 Å². The summed E-state index contributed by atoms with van der Waals surface area (Å²) in [5.41, 5.74) is -0.0803. The van der Waals surface area contributed by atoms with Crippen molar-refractivity contribution in [1.82, 2.24) is 5.32 Å². The average Bonchev–Trinajstić information content (AvgIpc) is 2.24. The molecule has 4 heteroatoms. The summed E-state index contributed by atoms with van der Waals surface area (Å²) in [5.74, 6) is -0.984. The van der Waals surface area contributed by atoms with Crippen molar-refractivity contribution in [2.75, 3.05) is 13.1 Å². The van der Waals surface area contributed by atoms with Crippen LogP contribution in [0.2, 0.25) is 0 Å². The molecular formula is C12H16FNO2. The van der Waals surface area contributed by atoms with Gasteiger partial charge in [-0.2, -0.15) is 0 Å². The summed E-state index contributed by atoms with van der Waals surface area (Å²) >= 11 is 0. The van der Waals surface area contributed by atoms with Crippen molar-refractivity contribution < 1.29 is 14.6 Å². The fourth-order valence-corrected chi connectivity index (χ4v) is 2.14. The van der Waals surface area contributed by atoms with E-state index < -0.39 is 11.4 Å². The Labute approximate surface area is 93.9 Å². The van der Waals surface area contributed by atoms with Gasteiger partial charge in [0.2, 0.25) is 0 Å². The van der Waals surface area contributed by atoms with Gasteiger partial charge < -0.3 is 15.5 Å². The molecule has 0 aromatic heterocycles. The minimum Gasteiger partial charge on any atom is -0.505 e. The van der Waals surface area contributed by atoms with Gasteiger partial charge >= 0.3 is 0 Å². The summed E-state index contributed by atoms with van der Waals surface area (Å²) in [4.78, 5) is 0. The summed E-state index contributed by atoms with van der Waals surface area (Å²) in [7, 11) is 0. The molecule has 0 bridgehead atoms. The van der Waals surface area contributed by atoms with Crippen LogP contribution < -0.4 is 5.32 Å². The number of aliphatic hydroxyl groups is 1. The van der Waals surface area contributed by atoms with Gasteiger partial charge in [0, 0.05) is 13.0 Å². The second-order valence-electron chi connectivity index (χ2n) is 4.47. The molecule has 1 unspecified atom stereocenters. The van der Waals surface area contributed by atoms with Crippen molar-refractivity contribution >= 4 is 0 Å². The van der Waals surface area contributed by atoms with Gasteiger partial charge in [-0.3, -0.25) is 0 Å². The van der Waals surface area contributed by atoms with Crippen molar-refractivity contribution in [2.45, 2.75) is 24.9 Å². The normalized spacial score (nSPS) is 25.6. The summed E-state index contributed by atoms with van der Waals surface area (Å²) in [6.07, 6.45) is 2.07. The highest BCUT2D eigenvalue weighted by atomic mass is 19.1. The molecule has 1 aliphatic heterocycles. The Morgan fingerprint density at radius 2 is 2.25 bits per heavy atom. The molecule has 0 aliphatic carbocycles. The number of benzene rings is 1. The third-order valence-corrected chi connectivity index (χ3v) is 3.00. The van der Waals surface area contributed by atoms with E-state index in [-0.39, 0.29) is 5.75 Å². The maximum atomic E-state index is 13.1. The molecule has 0 saturated carbocycles. The zero-order valence-corrected chi connectivity index (χ0v) is 9.04. The van der Waals surface area contributed by atoms with E-state index in [1.54, 1.807) is 6.07 Å². The van der Waals surface area contributed by atoms with Gasteiger partial charge in [0.15, 0.2) is 11.6 Å². The van der Waals surface area contributed by atoms with Crippen LogP contribution in [0.15, 0.2) is 18.2 Å². The highest BCUT2D eigenvalue weighted by Crippen LogP contribution is 2.24. The third kappa shape index (κ3) is 2.51. The molecule has 1 saturated heterocycles. The monoisotopic (exact) mass is 225 g/mol. The second-order valence-corrected chi connectivity index (χ2v) is 4.47. The zero-order chi connectivity index (χ0) is 11.6. The minimum absolute atomic E-state index is 0.350. The van der Waals surface area contributed by atoms with Crippen molar-refractivity contribution in [3.8, 4) is 5.75 Å². The molecule has 1 aromatic rings. The molecular weight excluding hydrogens is 209 g/mol. The van der Waals surface area contributed by atoms with Crippen LogP contribution in [-0.4, -0.2) is 28.9 Å². The van der Waals surface area contributed by atoms with E-state index in [0.29, 0.717) is 18.5 Å². The lowest BCUT2D eigenvalue weighted by Gasteiger charge is -2.32. The van der Waals surface area contributed by atoms with Crippen LogP contribution in [0.25, 0.3) is 0 Å². The Hall–Kier alpha value is -1.13. The van der Waals surface area contributed by atoms with E-state index in [9.17, 15) is 9.50 Å². The Balaban J connectivity index is 2.10. The van der Waals surface area contributed by atoms with Gasteiger partial charge in [-0.05, 0) is 37.1 Å². The van der Waals surface area contributed by atoms with Crippen molar-refractivity contribution in [2.24, 2.45) is 0 Å². The highest BCUT2D eigenvalue weighted by molar-refractivity contribution is 5.29. The second kappa shape index (κ2) is 4.39. The van der Waals surface area contributed by atoms with Crippen LogP contribution in [0.1, 0.15) is 18.4 Å². The molecule has 1 heterocycles. The first kappa shape index (κ1) is 11.4. The maximum Gasteiger partial charge on any atom is 0.165 e. The third-order valence-electron chi connectivity index (χ3n) is 3.00. The zero-order valence-electron chi connectivity index (χ0n) is 9.04. The molecule has 88 valence electrons. The number of rotatable bonds is 2. The van der Waals surface area contributed by atoms with E-state index in [1.165, 1.54) is 12.1 Å². The van der Waals surface area contributed by atoms with Gasteiger partial charge in [-0.25, -0.2) is 4.39 Å². The largest absolute Gasteiger partial charge is 0.505 e. The smallest absolute Gasteiger partial charge is 0.165 e. The van der Waals surface area contributed by atoms with Gasteiger partial charge in [-0.15, -0.1) is 0 Å². The molecule has 3 N–H and O–H groups in total. The average molecular weight is 225 g/mol. The summed E-state index contributed by atoms with van der Waals surface area (Å²) in [6.45, 7) is 1.46. The van der Waals surface area contributed by atoms with E-state index in [0.717, 1.165) is 19.4 Å². The number of hydrogen-bond donors (Lipinski definition) is 3. The Morgan fingerprint density at radius 1 is 1.44 bits per heavy atom. The number of nitrogens with one attached hydrogen (secondary N) is 1. The first-order valence-corrected chi connectivity index (χ1v) is 5.50. The molecule has 0 spiro atoms. The molecule has 1 fully saturated rings. The fourth-order valence-electron chi connectivity index (χ4n) is 2.14. The van der Waals surface area contributed by atoms with Crippen LogP contribution in [0, 0.1) is 5.82 Å². The predicted octanol–water partition coefficient (Wildman–Crippen LogP) is 1.19. The number of β-amino-alcohol motifs (C(OH)–C–C–N with tert-alkyl or cyclic N) is 1. The Morgan fingerprint density at radius 3 is 2.88 bits per heavy atom. The molecule has 1 aliphatic rings. The van der Waals surface area contributed by atoms with Crippen LogP contribution >= 0.6 is 0 Å². The molecule has 2 rings (SSSR count). The number of aromatic hydroxyl groups is 1. The number of halogens is 1. The number of hydrogen-bond acceptors (Lipinski definition) is 3. The predicted molar refractivity (Wildman–Crippen MR) is 58.8 cm³/mol. The summed E-state index contributed by atoms with van der Waals surface area (Å²) < 4.78 is 13.1. The van der Waals surface area contributed by atoms with Crippen molar-refractivity contribution in [3.05, 3.63) is 29.6 Å². The Bertz CT molecular complexity index is 375. The highest BCUT2D eigenvalue weighted by Gasteiger charge is 2.29. The molecule has 1 aromatic carbocycles. The lowest BCUT2D eigenvalue weighted by Crippen LogP contribution is -2.47. The molecule has 1 atom stereocenters. The van der Waals surface area contributed by atoms with Gasteiger partial charge in [0.05, 0.1) is 5.60 Å². The number of piperidine rings is 1. The summed E-state index contributed by atoms with van der Waals surface area (Å²) in [6, 6.07) is 4.25. The Kier molecular flexibility index (Phi) is 3.12. The first-order valence-electron chi connectivity index (χ1n) is 5.50. The minimum atomic E-state index is -0.790. The maximum absolute atomic E-state index is 13.1. The molecule has 0 radical (unpaired) electrons. The standard InChI is InChI=1S/C12H16FNO2/c13-10-6-9(2-3-11(10)15)7-12(16)4-1-5-14-8-12/h2-3,6,14-16H,1,4-5,7-8H2. The van der Waals surface area contributed by atoms with E-state index >= 15 is 0 Å². The van der Waals surface area contributed by atoms with E-state index in [2.05, 4.69) is 5.32 Å². The topological polar surface area (TPSA) is 52.5 Å². The van der Waals surface area contributed by atoms with Crippen LogP contribution in [0.5, 0.6) is 5.75 Å². The lowest BCUT2D eigenvalue weighted by molar-refractivity contribution is 0.0169. The SMILES string of the molecule is Oc1ccc(CC2(O)CCCNC2)cc1F. The van der Waals surface area contributed by atoms with Gasteiger partial charge in [0.1, 0.15) is 0 Å². The quantitative estimate of drug-likeness (QED) is 0.708. The van der Waals surface area contributed by atoms with E-state index in [1.807, 2.05) is 0 Å². The first-order chi connectivity index (χ1) is 7.59. The molecule has 16 heavy (non-hydrogen) atoms. The van der Waals surface area contributed by atoms with E-state index in [4.69, 9.17) is 5.11 Å². The van der Waals surface area contributed by atoms with Crippen LogP contribution in [0.3, 0.4) is 0 Å². The number of phenolic OH excluding ortho intramolecular Hbond substituents is 1. The number of phenols is 1.